The Morgan fingerprint density at radius 2 is 1.92 bits per heavy atom. The molecule has 1 amide bonds. The van der Waals surface area contributed by atoms with Gasteiger partial charge in [-0.25, -0.2) is 0 Å². The minimum Gasteiger partial charge on any atom is -0.357 e. The molecule has 0 spiro atoms. The maximum atomic E-state index is 11.6. The van der Waals surface area contributed by atoms with E-state index in [2.05, 4.69) is 39.9 Å². The molecular weight excluding hydrogens is 316 g/mol. The van der Waals surface area contributed by atoms with Gasteiger partial charge < -0.3 is 16.0 Å². The monoisotopic (exact) mass is 350 g/mol. The molecular formula is C18H34N6O. The molecule has 142 valence electrons. The standard InChI is InChI=1S/C18H34N6O/c1-8-19-18(21-10-9-20-17(25)12(2)3)22-13(4)11-16-14(5)23-24(7)15(16)6/h12-13H,8-11H2,1-7H3,(H,20,25)(H2,19,21,22). The second-order valence-corrected chi connectivity index (χ2v) is 6.73. The first-order chi connectivity index (χ1) is 11.8. The lowest BCUT2D eigenvalue weighted by Gasteiger charge is -2.18. The summed E-state index contributed by atoms with van der Waals surface area (Å²) in [7, 11) is 1.97. The third-order valence-electron chi connectivity index (χ3n) is 4.10. The highest BCUT2D eigenvalue weighted by molar-refractivity contribution is 5.80. The Morgan fingerprint density at radius 1 is 1.24 bits per heavy atom. The smallest absolute Gasteiger partial charge is 0.222 e. The molecule has 0 saturated carbocycles. The molecule has 1 aromatic heterocycles. The lowest BCUT2D eigenvalue weighted by atomic mass is 10.1. The van der Waals surface area contributed by atoms with Crippen LogP contribution in [0.5, 0.6) is 0 Å². The summed E-state index contributed by atoms with van der Waals surface area (Å²) in [6, 6.07) is 0.227. The van der Waals surface area contributed by atoms with E-state index < -0.39 is 0 Å². The van der Waals surface area contributed by atoms with Crippen molar-refractivity contribution in [1.29, 1.82) is 0 Å². The van der Waals surface area contributed by atoms with Crippen LogP contribution in [0, 0.1) is 19.8 Å². The lowest BCUT2D eigenvalue weighted by molar-refractivity contribution is -0.123. The SMILES string of the molecule is CCNC(=NCCNC(=O)C(C)C)NC(C)Cc1c(C)nn(C)c1C. The molecule has 3 N–H and O–H groups in total. The molecule has 7 heteroatoms. The van der Waals surface area contributed by atoms with E-state index in [1.165, 1.54) is 11.3 Å². The first kappa shape index (κ1) is 21.0. The number of aromatic nitrogens is 2. The quantitative estimate of drug-likeness (QED) is 0.375. The number of nitrogens with one attached hydrogen (secondary N) is 3. The van der Waals surface area contributed by atoms with Gasteiger partial charge in [0.1, 0.15) is 0 Å². The summed E-state index contributed by atoms with van der Waals surface area (Å²) >= 11 is 0. The van der Waals surface area contributed by atoms with Gasteiger partial charge in [-0.05, 0) is 39.7 Å². The summed E-state index contributed by atoms with van der Waals surface area (Å²) in [5.74, 6) is 0.832. The lowest BCUT2D eigenvalue weighted by Crippen LogP contribution is -2.43. The van der Waals surface area contributed by atoms with E-state index in [4.69, 9.17) is 0 Å². The molecule has 1 heterocycles. The average Bonchev–Trinajstić information content (AvgIpc) is 2.77. The Morgan fingerprint density at radius 3 is 2.44 bits per heavy atom. The Bertz CT molecular complexity index is 591. The van der Waals surface area contributed by atoms with Crippen molar-refractivity contribution in [2.24, 2.45) is 18.0 Å². The first-order valence-electron chi connectivity index (χ1n) is 9.07. The van der Waals surface area contributed by atoms with E-state index >= 15 is 0 Å². The van der Waals surface area contributed by atoms with Gasteiger partial charge in [-0.1, -0.05) is 13.8 Å². The van der Waals surface area contributed by atoms with Crippen LogP contribution in [0.2, 0.25) is 0 Å². The fraction of sp³-hybridized carbons (Fsp3) is 0.722. The number of carbonyl (C=O) groups excluding carboxylic acids is 1. The van der Waals surface area contributed by atoms with E-state index in [0.717, 1.165) is 24.6 Å². The predicted octanol–water partition coefficient (Wildman–Crippen LogP) is 1.30. The van der Waals surface area contributed by atoms with Crippen molar-refractivity contribution < 1.29 is 4.79 Å². The van der Waals surface area contributed by atoms with Crippen LogP contribution in [-0.2, 0) is 18.3 Å². The molecule has 0 aliphatic heterocycles. The number of rotatable bonds is 8. The Balaban J connectivity index is 2.58. The molecule has 1 unspecified atom stereocenters. The summed E-state index contributed by atoms with van der Waals surface area (Å²) in [5.41, 5.74) is 3.55. The second kappa shape index (κ2) is 10.1. The van der Waals surface area contributed by atoms with E-state index in [1.54, 1.807) is 0 Å². The van der Waals surface area contributed by atoms with Gasteiger partial charge in [0, 0.05) is 37.8 Å². The van der Waals surface area contributed by atoms with Crippen LogP contribution in [0.15, 0.2) is 4.99 Å². The minimum atomic E-state index is 0.00123. The molecule has 0 aliphatic rings. The maximum Gasteiger partial charge on any atom is 0.222 e. The van der Waals surface area contributed by atoms with Crippen molar-refractivity contribution >= 4 is 11.9 Å². The largest absolute Gasteiger partial charge is 0.357 e. The Hall–Kier alpha value is -2.05. The van der Waals surface area contributed by atoms with Crippen LogP contribution in [0.4, 0.5) is 0 Å². The van der Waals surface area contributed by atoms with E-state index in [1.807, 2.05) is 39.4 Å². The number of guanidine groups is 1. The highest BCUT2D eigenvalue weighted by atomic mass is 16.1. The van der Waals surface area contributed by atoms with Crippen LogP contribution in [0.1, 0.15) is 44.6 Å². The number of aryl methyl sites for hydroxylation is 2. The normalized spacial score (nSPS) is 13.0. The molecule has 25 heavy (non-hydrogen) atoms. The zero-order valence-corrected chi connectivity index (χ0v) is 16.7. The Labute approximate surface area is 151 Å². The van der Waals surface area contributed by atoms with Gasteiger partial charge >= 0.3 is 0 Å². The van der Waals surface area contributed by atoms with Crippen molar-refractivity contribution in [1.82, 2.24) is 25.7 Å². The Kier molecular flexibility index (Phi) is 8.45. The van der Waals surface area contributed by atoms with Gasteiger partial charge in [-0.2, -0.15) is 5.10 Å². The van der Waals surface area contributed by atoms with E-state index in [9.17, 15) is 4.79 Å². The van der Waals surface area contributed by atoms with E-state index in [-0.39, 0.29) is 17.9 Å². The van der Waals surface area contributed by atoms with Crippen LogP contribution in [0.3, 0.4) is 0 Å². The molecule has 7 nitrogen and oxygen atoms in total. The summed E-state index contributed by atoms with van der Waals surface area (Å²) in [6.07, 6.45) is 0.889. The van der Waals surface area contributed by atoms with Crippen LogP contribution < -0.4 is 16.0 Å². The molecule has 1 rings (SSSR count). The molecule has 0 aromatic carbocycles. The molecule has 1 aromatic rings. The van der Waals surface area contributed by atoms with Crippen molar-refractivity contribution in [2.45, 2.75) is 54.0 Å². The average molecular weight is 351 g/mol. The first-order valence-corrected chi connectivity index (χ1v) is 9.07. The van der Waals surface area contributed by atoms with Crippen LogP contribution >= 0.6 is 0 Å². The van der Waals surface area contributed by atoms with Crippen LogP contribution in [-0.4, -0.2) is 47.3 Å². The summed E-state index contributed by atoms with van der Waals surface area (Å²) in [4.78, 5) is 16.1. The van der Waals surface area contributed by atoms with Gasteiger partial charge in [0.25, 0.3) is 0 Å². The number of nitrogens with zero attached hydrogens (tertiary/aromatic N) is 3. The summed E-state index contributed by atoms with van der Waals surface area (Å²) < 4.78 is 1.92. The molecule has 0 fully saturated rings. The van der Waals surface area contributed by atoms with Crippen molar-refractivity contribution in [2.75, 3.05) is 19.6 Å². The number of aliphatic imine (C=N–C) groups is 1. The highest BCUT2D eigenvalue weighted by Gasteiger charge is 2.14. The zero-order chi connectivity index (χ0) is 19.0. The van der Waals surface area contributed by atoms with E-state index in [0.29, 0.717) is 13.1 Å². The minimum absolute atomic E-state index is 0.00123. The van der Waals surface area contributed by atoms with Crippen molar-refractivity contribution in [3.05, 3.63) is 17.0 Å². The molecule has 0 aliphatic carbocycles. The zero-order valence-electron chi connectivity index (χ0n) is 16.7. The molecule has 1 atom stereocenters. The molecule has 0 saturated heterocycles. The van der Waals surface area contributed by atoms with Gasteiger partial charge in [0.15, 0.2) is 5.96 Å². The van der Waals surface area contributed by atoms with Gasteiger partial charge in [-0.3, -0.25) is 14.5 Å². The summed E-state index contributed by atoms with van der Waals surface area (Å²) in [5, 5.41) is 14.0. The van der Waals surface area contributed by atoms with Gasteiger partial charge in [0.05, 0.1) is 12.2 Å². The van der Waals surface area contributed by atoms with Crippen molar-refractivity contribution in [3.8, 4) is 0 Å². The van der Waals surface area contributed by atoms with Gasteiger partial charge in [0.2, 0.25) is 5.91 Å². The maximum absolute atomic E-state index is 11.6. The second-order valence-electron chi connectivity index (χ2n) is 6.73. The van der Waals surface area contributed by atoms with Crippen molar-refractivity contribution in [3.63, 3.8) is 0 Å². The third-order valence-corrected chi connectivity index (χ3v) is 4.10. The van der Waals surface area contributed by atoms with Gasteiger partial charge in [-0.15, -0.1) is 0 Å². The fourth-order valence-electron chi connectivity index (χ4n) is 2.57. The predicted molar refractivity (Wildman–Crippen MR) is 103 cm³/mol. The number of hydrogen-bond acceptors (Lipinski definition) is 3. The van der Waals surface area contributed by atoms with Crippen LogP contribution in [0.25, 0.3) is 0 Å². The fourth-order valence-corrected chi connectivity index (χ4v) is 2.57. The summed E-state index contributed by atoms with van der Waals surface area (Å²) in [6.45, 7) is 14.0. The highest BCUT2D eigenvalue weighted by Crippen LogP contribution is 2.14. The number of carbonyl (C=O) groups is 1. The third kappa shape index (κ3) is 6.76. The molecule has 0 radical (unpaired) electrons. The number of hydrogen-bond donors (Lipinski definition) is 3. The molecule has 0 bridgehead atoms. The topological polar surface area (TPSA) is 83.3 Å². The number of amides is 1.